The Labute approximate surface area is 212 Å². The van der Waals surface area contributed by atoms with Gasteiger partial charge < -0.3 is 0 Å². The van der Waals surface area contributed by atoms with E-state index in [1.165, 1.54) is 10.4 Å². The first-order valence-electron chi connectivity index (χ1n) is 12.4. The van der Waals surface area contributed by atoms with Gasteiger partial charge in [0.25, 0.3) is 0 Å². The van der Waals surface area contributed by atoms with E-state index >= 15 is 0 Å². The smallest absolute Gasteiger partial charge is 0.207 e. The highest BCUT2D eigenvalue weighted by molar-refractivity contribution is 7.89. The lowest BCUT2D eigenvalue weighted by Crippen LogP contribution is -2.68. The Bertz CT molecular complexity index is 1210. The van der Waals surface area contributed by atoms with Crippen LogP contribution < -0.4 is 10.4 Å². The number of sulfonamides is 1. The summed E-state index contributed by atoms with van der Waals surface area (Å²) in [4.78, 5) is 0.378. The molecule has 0 saturated carbocycles. The topological polar surface area (TPSA) is 37.4 Å². The Morgan fingerprint density at radius 3 is 1.86 bits per heavy atom. The molecular formula is C30H37NO2SSi. The minimum Gasteiger partial charge on any atom is -0.207 e. The number of benzene rings is 3. The lowest BCUT2D eigenvalue weighted by atomic mass is 10.0. The number of hydrogen-bond acceptors (Lipinski definition) is 2. The van der Waals surface area contributed by atoms with Crippen molar-refractivity contribution in [2.45, 2.75) is 49.6 Å². The first-order chi connectivity index (χ1) is 16.6. The Hall–Kier alpha value is -2.47. The van der Waals surface area contributed by atoms with Crippen LogP contribution in [-0.4, -0.2) is 33.9 Å². The molecule has 1 fully saturated rings. The molecule has 0 radical (unpaired) electrons. The van der Waals surface area contributed by atoms with Gasteiger partial charge >= 0.3 is 0 Å². The fourth-order valence-electron chi connectivity index (χ4n) is 6.25. The van der Waals surface area contributed by atoms with Gasteiger partial charge in [0, 0.05) is 13.1 Å². The van der Waals surface area contributed by atoms with Crippen LogP contribution in [0.3, 0.4) is 0 Å². The molecular weight excluding hydrogens is 466 g/mol. The van der Waals surface area contributed by atoms with E-state index in [0.717, 1.165) is 12.0 Å². The van der Waals surface area contributed by atoms with Gasteiger partial charge in [0.1, 0.15) is 8.07 Å². The molecule has 4 rings (SSSR count). The van der Waals surface area contributed by atoms with Gasteiger partial charge in [-0.05, 0) is 42.0 Å². The second-order valence-electron chi connectivity index (χ2n) is 10.8. The van der Waals surface area contributed by atoms with E-state index in [0.29, 0.717) is 18.0 Å². The molecule has 0 amide bonds. The van der Waals surface area contributed by atoms with Crippen molar-refractivity contribution in [1.29, 1.82) is 0 Å². The molecule has 1 aliphatic rings. The monoisotopic (exact) mass is 503 g/mol. The van der Waals surface area contributed by atoms with Crippen LogP contribution in [0.15, 0.2) is 102 Å². The van der Waals surface area contributed by atoms with Crippen molar-refractivity contribution in [3.8, 4) is 0 Å². The number of nitrogens with zero attached hydrogens (tertiary/aromatic N) is 1. The van der Waals surface area contributed by atoms with E-state index in [-0.39, 0.29) is 16.5 Å². The zero-order chi connectivity index (χ0) is 25.3. The maximum atomic E-state index is 13.8. The van der Waals surface area contributed by atoms with Gasteiger partial charge in [0.05, 0.1) is 4.90 Å². The van der Waals surface area contributed by atoms with Crippen molar-refractivity contribution in [1.82, 2.24) is 4.31 Å². The van der Waals surface area contributed by atoms with Crippen molar-refractivity contribution in [2.75, 3.05) is 13.1 Å². The summed E-state index contributed by atoms with van der Waals surface area (Å²) in [5.74, 6) is 0.207. The van der Waals surface area contributed by atoms with Crippen molar-refractivity contribution < 1.29 is 8.42 Å². The van der Waals surface area contributed by atoms with Crippen molar-refractivity contribution >= 4 is 28.5 Å². The number of hydrogen-bond donors (Lipinski definition) is 0. The lowest BCUT2D eigenvalue weighted by molar-refractivity contribution is 0.458. The standard InChI is InChI=1S/C30H37NO2SSi/c1-6-13-25-22-31(34(32,33)26-20-18-24(2)19-21-26)23-29(25)35(30(3,4)5,27-14-9-7-10-15-27)28-16-11-8-12-17-28/h6-12,14-21,25,29H,1,13,22-23H2,2-5H3/t25-,29-/m1/s1. The van der Waals surface area contributed by atoms with Crippen LogP contribution in [0.5, 0.6) is 0 Å². The summed E-state index contributed by atoms with van der Waals surface area (Å²) in [6.45, 7) is 14.1. The molecule has 2 atom stereocenters. The largest absolute Gasteiger partial charge is 0.243 e. The summed E-state index contributed by atoms with van der Waals surface area (Å²) < 4.78 is 29.4. The summed E-state index contributed by atoms with van der Waals surface area (Å²) >= 11 is 0. The summed E-state index contributed by atoms with van der Waals surface area (Å²) in [5.41, 5.74) is 1.27. The summed E-state index contributed by atoms with van der Waals surface area (Å²) in [6, 6.07) is 29.0. The Morgan fingerprint density at radius 2 is 1.40 bits per heavy atom. The minimum atomic E-state index is -3.59. The number of allylic oxidation sites excluding steroid dienone is 1. The van der Waals surface area contributed by atoms with Crippen LogP contribution in [0.1, 0.15) is 32.8 Å². The van der Waals surface area contributed by atoms with Gasteiger partial charge in [-0.15, -0.1) is 6.58 Å². The second-order valence-corrected chi connectivity index (χ2v) is 17.8. The van der Waals surface area contributed by atoms with E-state index in [2.05, 4.69) is 88.0 Å². The Balaban J connectivity index is 1.91. The van der Waals surface area contributed by atoms with Crippen molar-refractivity contribution in [3.05, 3.63) is 103 Å². The summed E-state index contributed by atoms with van der Waals surface area (Å²) in [6.07, 6.45) is 2.77. The third-order valence-corrected chi connectivity index (χ3v) is 16.2. The van der Waals surface area contributed by atoms with Crippen LogP contribution >= 0.6 is 0 Å². The zero-order valence-electron chi connectivity index (χ0n) is 21.3. The predicted octanol–water partition coefficient (Wildman–Crippen LogP) is 5.63. The third-order valence-electron chi connectivity index (χ3n) is 7.73. The molecule has 1 saturated heterocycles. The van der Waals surface area contributed by atoms with E-state index in [9.17, 15) is 8.42 Å². The lowest BCUT2D eigenvalue weighted by Gasteiger charge is -2.50. The van der Waals surface area contributed by atoms with Gasteiger partial charge in [0.2, 0.25) is 10.0 Å². The molecule has 0 N–H and O–H groups in total. The Morgan fingerprint density at radius 1 is 0.886 bits per heavy atom. The molecule has 5 heteroatoms. The molecule has 3 aromatic rings. The number of aryl methyl sites for hydroxylation is 1. The van der Waals surface area contributed by atoms with Crippen LogP contribution in [-0.2, 0) is 10.0 Å². The van der Waals surface area contributed by atoms with Gasteiger partial charge in [0.15, 0.2) is 0 Å². The van der Waals surface area contributed by atoms with E-state index in [1.54, 1.807) is 16.4 Å². The zero-order valence-corrected chi connectivity index (χ0v) is 23.1. The SMILES string of the molecule is C=CC[C@@H]1CN(S(=O)(=O)c2ccc(C)cc2)C[C@H]1[Si](c1ccccc1)(c1ccccc1)C(C)(C)C. The summed E-state index contributed by atoms with van der Waals surface area (Å²) in [7, 11) is -6.09. The van der Waals surface area contributed by atoms with Gasteiger partial charge in [-0.1, -0.05) is 116 Å². The van der Waals surface area contributed by atoms with Crippen LogP contribution in [0.4, 0.5) is 0 Å². The minimum absolute atomic E-state index is 0.0383. The molecule has 0 bridgehead atoms. The highest BCUT2D eigenvalue weighted by Gasteiger charge is 2.58. The third kappa shape index (κ3) is 4.57. The molecule has 1 heterocycles. The first kappa shape index (κ1) is 25.6. The maximum absolute atomic E-state index is 13.8. The normalized spacial score (nSPS) is 19.5. The molecule has 3 nitrogen and oxygen atoms in total. The number of rotatable bonds is 7. The molecule has 3 aromatic carbocycles. The maximum Gasteiger partial charge on any atom is 0.243 e. The van der Waals surface area contributed by atoms with Gasteiger partial charge in [-0.25, -0.2) is 8.42 Å². The van der Waals surface area contributed by atoms with Crippen LogP contribution in [0.2, 0.25) is 10.6 Å². The molecule has 184 valence electrons. The fourth-order valence-corrected chi connectivity index (χ4v) is 14.8. The molecule has 0 aromatic heterocycles. The summed E-state index contributed by atoms with van der Waals surface area (Å²) in [5, 5.41) is 2.70. The fraction of sp³-hybridized carbons (Fsp3) is 0.333. The second kappa shape index (κ2) is 9.88. The molecule has 1 aliphatic heterocycles. The van der Waals surface area contributed by atoms with Crippen LogP contribution in [0.25, 0.3) is 0 Å². The van der Waals surface area contributed by atoms with Crippen molar-refractivity contribution in [3.63, 3.8) is 0 Å². The van der Waals surface area contributed by atoms with Crippen molar-refractivity contribution in [2.24, 2.45) is 5.92 Å². The molecule has 35 heavy (non-hydrogen) atoms. The predicted molar refractivity (Wildman–Crippen MR) is 150 cm³/mol. The highest BCUT2D eigenvalue weighted by Crippen LogP contribution is 2.50. The van der Waals surface area contributed by atoms with E-state index < -0.39 is 18.1 Å². The van der Waals surface area contributed by atoms with E-state index in [4.69, 9.17) is 0 Å². The first-order valence-corrected chi connectivity index (χ1v) is 15.9. The Kier molecular flexibility index (Phi) is 7.23. The highest BCUT2D eigenvalue weighted by atomic mass is 32.2. The average molecular weight is 504 g/mol. The van der Waals surface area contributed by atoms with Gasteiger partial charge in [-0.3, -0.25) is 0 Å². The molecule has 0 spiro atoms. The van der Waals surface area contributed by atoms with E-state index in [1.807, 2.05) is 25.1 Å². The van der Waals surface area contributed by atoms with Gasteiger partial charge in [-0.2, -0.15) is 4.31 Å². The molecule has 0 aliphatic carbocycles. The quantitative estimate of drug-likeness (QED) is 0.310. The van der Waals surface area contributed by atoms with Crippen LogP contribution in [0, 0.1) is 12.8 Å². The average Bonchev–Trinajstić information content (AvgIpc) is 3.25. The molecule has 0 unspecified atom stereocenters.